The Labute approximate surface area is 169 Å². The van der Waals surface area contributed by atoms with Crippen molar-refractivity contribution in [3.8, 4) is 0 Å². The second kappa shape index (κ2) is 7.59. The van der Waals surface area contributed by atoms with Crippen molar-refractivity contribution in [1.29, 1.82) is 0 Å². The summed E-state index contributed by atoms with van der Waals surface area (Å²) in [5.41, 5.74) is 2.53. The first-order valence-corrected chi connectivity index (χ1v) is 10.2. The quantitative estimate of drug-likeness (QED) is 0.856. The van der Waals surface area contributed by atoms with Gasteiger partial charge in [-0.1, -0.05) is 30.7 Å². The van der Waals surface area contributed by atoms with E-state index in [9.17, 15) is 9.59 Å². The molecule has 1 spiro atoms. The van der Waals surface area contributed by atoms with E-state index < -0.39 is 0 Å². The number of nitrogens with zero attached hydrogens (tertiary/aromatic N) is 3. The molecule has 2 aliphatic rings. The summed E-state index contributed by atoms with van der Waals surface area (Å²) in [7, 11) is 0. The van der Waals surface area contributed by atoms with Crippen LogP contribution in [0, 0.1) is 5.41 Å². The number of halogens is 1. The van der Waals surface area contributed by atoms with E-state index in [1.165, 1.54) is 0 Å². The van der Waals surface area contributed by atoms with Crippen molar-refractivity contribution in [3.63, 3.8) is 0 Å². The number of H-pyrrole nitrogens is 1. The molecule has 6 nitrogen and oxygen atoms in total. The van der Waals surface area contributed by atoms with Crippen molar-refractivity contribution in [2.75, 3.05) is 19.6 Å². The largest absolute Gasteiger partial charge is 0.338 e. The monoisotopic (exact) mass is 400 g/mol. The van der Waals surface area contributed by atoms with Crippen molar-refractivity contribution in [2.45, 2.75) is 39.2 Å². The van der Waals surface area contributed by atoms with Crippen LogP contribution in [0.15, 0.2) is 30.3 Å². The number of piperidine rings is 1. The van der Waals surface area contributed by atoms with E-state index >= 15 is 0 Å². The van der Waals surface area contributed by atoms with Gasteiger partial charge in [0.05, 0.1) is 0 Å². The third-order valence-electron chi connectivity index (χ3n) is 6.03. The number of aromatic nitrogens is 2. The van der Waals surface area contributed by atoms with Gasteiger partial charge in [0.15, 0.2) is 0 Å². The number of nitrogens with one attached hydrogen (secondary N) is 1. The molecule has 0 saturated carbocycles. The lowest BCUT2D eigenvalue weighted by molar-refractivity contribution is -0.128. The maximum atomic E-state index is 12.7. The van der Waals surface area contributed by atoms with Gasteiger partial charge < -0.3 is 9.80 Å². The topological polar surface area (TPSA) is 69.3 Å². The molecule has 4 rings (SSSR count). The standard InChI is InChI=1S/C21H25ClN4O2/c1-2-17-11-18(24-23-17)20(28)25-9-7-21(8-10-25)12-19(27)26(14-21)13-15-3-5-16(22)6-4-15/h3-6,11H,2,7-10,12-14H2,1H3,(H,23,24). The molecule has 0 bridgehead atoms. The van der Waals surface area contributed by atoms with Gasteiger partial charge in [0.25, 0.3) is 5.91 Å². The molecule has 2 fully saturated rings. The van der Waals surface area contributed by atoms with E-state index in [2.05, 4.69) is 10.2 Å². The first kappa shape index (κ1) is 19.0. The number of benzene rings is 1. The Hall–Kier alpha value is -2.34. The molecule has 2 amide bonds. The van der Waals surface area contributed by atoms with Crippen LogP contribution in [0.1, 0.15) is 47.9 Å². The predicted molar refractivity (Wildman–Crippen MR) is 107 cm³/mol. The molecule has 7 heteroatoms. The van der Waals surface area contributed by atoms with E-state index in [0.29, 0.717) is 36.8 Å². The third kappa shape index (κ3) is 3.78. The zero-order valence-corrected chi connectivity index (χ0v) is 16.8. The third-order valence-corrected chi connectivity index (χ3v) is 6.29. The summed E-state index contributed by atoms with van der Waals surface area (Å²) < 4.78 is 0. The van der Waals surface area contributed by atoms with Gasteiger partial charge in [-0.3, -0.25) is 14.7 Å². The highest BCUT2D eigenvalue weighted by molar-refractivity contribution is 6.30. The zero-order chi connectivity index (χ0) is 19.7. The molecule has 1 aromatic heterocycles. The summed E-state index contributed by atoms with van der Waals surface area (Å²) in [6.07, 6.45) is 3.11. The molecule has 2 aliphatic heterocycles. The number of hydrogen-bond acceptors (Lipinski definition) is 3. The van der Waals surface area contributed by atoms with Crippen LogP contribution in [0.3, 0.4) is 0 Å². The van der Waals surface area contributed by atoms with Crippen LogP contribution < -0.4 is 0 Å². The predicted octanol–water partition coefficient (Wildman–Crippen LogP) is 3.28. The van der Waals surface area contributed by atoms with E-state index in [1.807, 2.05) is 47.1 Å². The highest BCUT2D eigenvalue weighted by Gasteiger charge is 2.45. The number of aromatic amines is 1. The summed E-state index contributed by atoms with van der Waals surface area (Å²) in [5, 5.41) is 7.75. The van der Waals surface area contributed by atoms with Gasteiger partial charge in [-0.2, -0.15) is 5.10 Å². The molecule has 2 saturated heterocycles. The smallest absolute Gasteiger partial charge is 0.274 e. The first-order chi connectivity index (χ1) is 13.5. The second-order valence-corrected chi connectivity index (χ2v) is 8.41. The van der Waals surface area contributed by atoms with Crippen molar-refractivity contribution in [3.05, 3.63) is 52.3 Å². The minimum Gasteiger partial charge on any atom is -0.338 e. The van der Waals surface area contributed by atoms with Crippen molar-refractivity contribution >= 4 is 23.4 Å². The minimum atomic E-state index is -0.0202. The van der Waals surface area contributed by atoms with E-state index in [4.69, 9.17) is 11.6 Å². The Balaban J connectivity index is 1.36. The van der Waals surface area contributed by atoms with Gasteiger partial charge in [-0.15, -0.1) is 0 Å². The number of amides is 2. The fraction of sp³-hybridized carbons (Fsp3) is 0.476. The number of carbonyl (C=O) groups is 2. The second-order valence-electron chi connectivity index (χ2n) is 7.98. The Bertz CT molecular complexity index is 869. The van der Waals surface area contributed by atoms with E-state index in [-0.39, 0.29) is 17.2 Å². The van der Waals surface area contributed by atoms with Gasteiger partial charge in [0, 0.05) is 48.7 Å². The number of rotatable bonds is 4. The number of hydrogen-bond donors (Lipinski definition) is 1. The lowest BCUT2D eigenvalue weighted by atomic mass is 9.77. The van der Waals surface area contributed by atoms with Crippen LogP contribution in [0.2, 0.25) is 5.02 Å². The van der Waals surface area contributed by atoms with E-state index in [1.54, 1.807) is 0 Å². The number of aryl methyl sites for hydroxylation is 1. The Morgan fingerprint density at radius 3 is 2.61 bits per heavy atom. The normalized spacial score (nSPS) is 18.9. The molecule has 1 N–H and O–H groups in total. The fourth-order valence-electron chi connectivity index (χ4n) is 4.27. The summed E-state index contributed by atoms with van der Waals surface area (Å²) in [4.78, 5) is 29.1. The summed E-state index contributed by atoms with van der Waals surface area (Å²) in [5.74, 6) is 0.183. The van der Waals surface area contributed by atoms with Crippen molar-refractivity contribution < 1.29 is 9.59 Å². The Kier molecular flexibility index (Phi) is 5.15. The van der Waals surface area contributed by atoms with Gasteiger partial charge in [0.1, 0.15) is 5.69 Å². The molecule has 148 valence electrons. The van der Waals surface area contributed by atoms with Gasteiger partial charge in [0.2, 0.25) is 5.91 Å². The molecular formula is C21H25ClN4O2. The molecule has 2 aromatic rings. The molecule has 28 heavy (non-hydrogen) atoms. The maximum absolute atomic E-state index is 12.7. The lowest BCUT2D eigenvalue weighted by Crippen LogP contribution is -2.44. The van der Waals surface area contributed by atoms with Crippen molar-refractivity contribution in [2.24, 2.45) is 5.41 Å². The van der Waals surface area contributed by atoms with Crippen LogP contribution in [0.4, 0.5) is 0 Å². The molecule has 0 aliphatic carbocycles. The molecular weight excluding hydrogens is 376 g/mol. The highest BCUT2D eigenvalue weighted by atomic mass is 35.5. The van der Waals surface area contributed by atoms with E-state index in [0.717, 1.165) is 37.1 Å². The molecule has 1 aromatic carbocycles. The lowest BCUT2D eigenvalue weighted by Gasteiger charge is -2.38. The SMILES string of the molecule is CCc1cc(C(=O)N2CCC3(CC2)CC(=O)N(Cc2ccc(Cl)cc2)C3)n[nH]1. The van der Waals surface area contributed by atoms with Crippen LogP contribution in [-0.2, 0) is 17.8 Å². The average molecular weight is 401 g/mol. The van der Waals surface area contributed by atoms with Gasteiger partial charge in [-0.05, 0) is 43.0 Å². The van der Waals surface area contributed by atoms with Crippen LogP contribution in [0.5, 0.6) is 0 Å². The molecule has 0 radical (unpaired) electrons. The average Bonchev–Trinajstić information content (AvgIpc) is 3.29. The summed E-state index contributed by atoms with van der Waals surface area (Å²) in [6, 6.07) is 9.49. The fourth-order valence-corrected chi connectivity index (χ4v) is 4.40. The maximum Gasteiger partial charge on any atom is 0.274 e. The number of carbonyl (C=O) groups excluding carboxylic acids is 2. The van der Waals surface area contributed by atoms with Crippen LogP contribution in [-0.4, -0.2) is 51.4 Å². The highest BCUT2D eigenvalue weighted by Crippen LogP contribution is 2.41. The number of likely N-dealkylation sites (tertiary alicyclic amines) is 2. The van der Waals surface area contributed by atoms with Crippen molar-refractivity contribution in [1.82, 2.24) is 20.0 Å². The van der Waals surface area contributed by atoms with Gasteiger partial charge >= 0.3 is 0 Å². The first-order valence-electron chi connectivity index (χ1n) is 9.84. The summed E-state index contributed by atoms with van der Waals surface area (Å²) >= 11 is 5.95. The minimum absolute atomic E-state index is 0.0134. The van der Waals surface area contributed by atoms with Gasteiger partial charge in [-0.25, -0.2) is 0 Å². The Morgan fingerprint density at radius 1 is 1.25 bits per heavy atom. The Morgan fingerprint density at radius 2 is 1.96 bits per heavy atom. The molecule has 0 unspecified atom stereocenters. The zero-order valence-electron chi connectivity index (χ0n) is 16.1. The summed E-state index contributed by atoms with van der Waals surface area (Å²) in [6.45, 7) is 4.76. The molecule has 3 heterocycles. The van der Waals surface area contributed by atoms with Crippen LogP contribution >= 0.6 is 11.6 Å². The molecule has 0 atom stereocenters. The van der Waals surface area contributed by atoms with Crippen LogP contribution in [0.25, 0.3) is 0 Å².